The Morgan fingerprint density at radius 1 is 1.50 bits per heavy atom. The van der Waals surface area contributed by atoms with E-state index in [1.54, 1.807) is 12.1 Å². The molecule has 1 fully saturated rings. The maximum atomic E-state index is 12.0. The second kappa shape index (κ2) is 5.48. The minimum Gasteiger partial charge on any atom is -0.313 e. The van der Waals surface area contributed by atoms with E-state index in [-0.39, 0.29) is 10.9 Å². The van der Waals surface area contributed by atoms with E-state index in [0.717, 1.165) is 19.4 Å². The van der Waals surface area contributed by atoms with Crippen molar-refractivity contribution in [3.05, 3.63) is 29.8 Å². The summed E-state index contributed by atoms with van der Waals surface area (Å²) in [4.78, 5) is 0.138. The van der Waals surface area contributed by atoms with Crippen molar-refractivity contribution < 1.29 is 8.42 Å². The lowest BCUT2D eigenvalue weighted by atomic mass is 10.2. The van der Waals surface area contributed by atoms with Crippen LogP contribution in [0.15, 0.2) is 29.2 Å². The fourth-order valence-electron chi connectivity index (χ4n) is 1.96. The number of nitrogens with one attached hydrogen (secondary N) is 2. The van der Waals surface area contributed by atoms with Crippen molar-refractivity contribution in [3.8, 4) is 6.07 Å². The van der Waals surface area contributed by atoms with Crippen LogP contribution in [0.1, 0.15) is 18.4 Å². The van der Waals surface area contributed by atoms with Gasteiger partial charge in [0.15, 0.2) is 0 Å². The summed E-state index contributed by atoms with van der Waals surface area (Å²) in [5.74, 6) is 0. The first-order chi connectivity index (χ1) is 8.62. The van der Waals surface area contributed by atoms with Gasteiger partial charge in [-0.25, -0.2) is 13.1 Å². The van der Waals surface area contributed by atoms with Crippen LogP contribution in [0.4, 0.5) is 0 Å². The average molecular weight is 265 g/mol. The Labute approximate surface area is 107 Å². The molecule has 96 valence electrons. The van der Waals surface area contributed by atoms with Crippen LogP contribution in [0.5, 0.6) is 0 Å². The van der Waals surface area contributed by atoms with E-state index in [4.69, 9.17) is 5.26 Å². The molecule has 5 nitrogen and oxygen atoms in total. The monoisotopic (exact) mass is 265 g/mol. The zero-order valence-electron chi connectivity index (χ0n) is 9.89. The molecule has 1 aromatic carbocycles. The third-order valence-electron chi connectivity index (χ3n) is 2.96. The van der Waals surface area contributed by atoms with E-state index in [9.17, 15) is 8.42 Å². The Balaban J connectivity index is 2.07. The summed E-state index contributed by atoms with van der Waals surface area (Å²) in [6.45, 7) is 1.33. The minimum absolute atomic E-state index is 0.138. The summed E-state index contributed by atoms with van der Waals surface area (Å²) >= 11 is 0. The van der Waals surface area contributed by atoms with Crippen LogP contribution in [0, 0.1) is 11.3 Å². The van der Waals surface area contributed by atoms with E-state index in [1.165, 1.54) is 12.1 Å². The molecule has 2 N–H and O–H groups in total. The Morgan fingerprint density at radius 2 is 2.33 bits per heavy atom. The third-order valence-corrected chi connectivity index (χ3v) is 4.38. The van der Waals surface area contributed by atoms with E-state index >= 15 is 0 Å². The number of nitriles is 1. The van der Waals surface area contributed by atoms with Crippen molar-refractivity contribution >= 4 is 10.0 Å². The van der Waals surface area contributed by atoms with Gasteiger partial charge in [0.05, 0.1) is 16.5 Å². The molecular weight excluding hydrogens is 250 g/mol. The first-order valence-corrected chi connectivity index (χ1v) is 7.33. The Kier molecular flexibility index (Phi) is 3.97. The molecule has 1 aliphatic rings. The number of sulfonamides is 1. The molecule has 0 unspecified atom stereocenters. The Bertz CT molecular complexity index is 557. The summed E-state index contributed by atoms with van der Waals surface area (Å²) in [6, 6.07) is 8.16. The molecule has 1 aliphatic heterocycles. The zero-order chi connectivity index (χ0) is 13.0. The van der Waals surface area contributed by atoms with Gasteiger partial charge in [-0.1, -0.05) is 6.07 Å². The van der Waals surface area contributed by atoms with Crippen LogP contribution in [0.3, 0.4) is 0 Å². The van der Waals surface area contributed by atoms with Crippen molar-refractivity contribution in [1.82, 2.24) is 10.0 Å². The molecule has 2 rings (SSSR count). The normalized spacial score (nSPS) is 19.6. The van der Waals surface area contributed by atoms with Crippen molar-refractivity contribution in [1.29, 1.82) is 5.26 Å². The standard InChI is InChI=1S/C12H15N3O2S/c13-8-10-3-1-5-12(7-10)18(16,17)15-9-11-4-2-6-14-11/h1,3,5,7,11,14-15H,2,4,6,9H2/t11-/m0/s1. The lowest BCUT2D eigenvalue weighted by molar-refractivity contribution is 0.552. The molecule has 0 aliphatic carbocycles. The lowest BCUT2D eigenvalue weighted by Crippen LogP contribution is -2.37. The molecule has 1 aromatic rings. The molecule has 0 aromatic heterocycles. The summed E-state index contributed by atoms with van der Waals surface area (Å²) in [6.07, 6.45) is 2.07. The molecule has 1 atom stereocenters. The van der Waals surface area contributed by atoms with Gasteiger partial charge in [0.1, 0.15) is 0 Å². The molecule has 0 spiro atoms. The van der Waals surface area contributed by atoms with Crippen LogP contribution in [0.25, 0.3) is 0 Å². The summed E-state index contributed by atoms with van der Waals surface area (Å²) in [5.41, 5.74) is 0.344. The molecule has 18 heavy (non-hydrogen) atoms. The van der Waals surface area contributed by atoms with Gasteiger partial charge in [-0.3, -0.25) is 0 Å². The number of hydrogen-bond acceptors (Lipinski definition) is 4. The maximum absolute atomic E-state index is 12.0. The SMILES string of the molecule is N#Cc1cccc(S(=O)(=O)NC[C@@H]2CCCN2)c1. The smallest absolute Gasteiger partial charge is 0.240 e. The highest BCUT2D eigenvalue weighted by Crippen LogP contribution is 2.11. The largest absolute Gasteiger partial charge is 0.313 e. The fourth-order valence-corrected chi connectivity index (χ4v) is 3.08. The summed E-state index contributed by atoms with van der Waals surface area (Å²) in [7, 11) is -3.52. The summed E-state index contributed by atoms with van der Waals surface area (Å²) in [5, 5.41) is 12.0. The first kappa shape index (κ1) is 13.0. The maximum Gasteiger partial charge on any atom is 0.240 e. The highest BCUT2D eigenvalue weighted by Gasteiger charge is 2.19. The van der Waals surface area contributed by atoms with Gasteiger partial charge in [-0.15, -0.1) is 0 Å². The van der Waals surface area contributed by atoms with Crippen molar-refractivity contribution in [2.24, 2.45) is 0 Å². The molecule has 1 saturated heterocycles. The lowest BCUT2D eigenvalue weighted by Gasteiger charge is -2.12. The van der Waals surface area contributed by atoms with Gasteiger partial charge in [0, 0.05) is 12.6 Å². The van der Waals surface area contributed by atoms with Crippen LogP contribution in [-0.2, 0) is 10.0 Å². The first-order valence-electron chi connectivity index (χ1n) is 5.85. The fraction of sp³-hybridized carbons (Fsp3) is 0.417. The van der Waals surface area contributed by atoms with Crippen LogP contribution >= 0.6 is 0 Å². The second-order valence-electron chi connectivity index (χ2n) is 4.28. The zero-order valence-corrected chi connectivity index (χ0v) is 10.7. The van der Waals surface area contributed by atoms with Crippen LogP contribution in [-0.4, -0.2) is 27.5 Å². The third kappa shape index (κ3) is 3.07. The Morgan fingerprint density at radius 3 is 3.00 bits per heavy atom. The van der Waals surface area contributed by atoms with Crippen molar-refractivity contribution in [2.45, 2.75) is 23.8 Å². The molecule has 0 radical (unpaired) electrons. The van der Waals surface area contributed by atoms with Crippen LogP contribution < -0.4 is 10.0 Å². The Hall–Kier alpha value is -1.42. The molecule has 6 heteroatoms. The second-order valence-corrected chi connectivity index (χ2v) is 6.05. The topological polar surface area (TPSA) is 82.0 Å². The summed E-state index contributed by atoms with van der Waals surface area (Å²) < 4.78 is 26.6. The number of benzene rings is 1. The predicted octanol–water partition coefficient (Wildman–Crippen LogP) is 0.589. The van der Waals surface area contributed by atoms with E-state index in [2.05, 4.69) is 10.0 Å². The minimum atomic E-state index is -3.52. The van der Waals surface area contributed by atoms with Gasteiger partial charge < -0.3 is 5.32 Å². The molecule has 1 heterocycles. The van der Waals surface area contributed by atoms with Gasteiger partial charge in [-0.05, 0) is 37.6 Å². The predicted molar refractivity (Wildman–Crippen MR) is 67.4 cm³/mol. The quantitative estimate of drug-likeness (QED) is 0.834. The van der Waals surface area contributed by atoms with Gasteiger partial charge >= 0.3 is 0 Å². The molecule has 0 bridgehead atoms. The number of nitrogens with zero attached hydrogens (tertiary/aromatic N) is 1. The number of rotatable bonds is 4. The number of hydrogen-bond donors (Lipinski definition) is 2. The molecule has 0 amide bonds. The van der Waals surface area contributed by atoms with Crippen molar-refractivity contribution in [2.75, 3.05) is 13.1 Å². The van der Waals surface area contributed by atoms with Crippen molar-refractivity contribution in [3.63, 3.8) is 0 Å². The van der Waals surface area contributed by atoms with E-state index in [1.807, 2.05) is 6.07 Å². The van der Waals surface area contributed by atoms with Crippen LogP contribution in [0.2, 0.25) is 0 Å². The van der Waals surface area contributed by atoms with E-state index < -0.39 is 10.0 Å². The van der Waals surface area contributed by atoms with Gasteiger partial charge in [0.2, 0.25) is 10.0 Å². The molecular formula is C12H15N3O2S. The highest BCUT2D eigenvalue weighted by atomic mass is 32.2. The van der Waals surface area contributed by atoms with Gasteiger partial charge in [0.25, 0.3) is 0 Å². The average Bonchev–Trinajstić information content (AvgIpc) is 2.90. The highest BCUT2D eigenvalue weighted by molar-refractivity contribution is 7.89. The molecule has 0 saturated carbocycles. The van der Waals surface area contributed by atoms with Gasteiger partial charge in [-0.2, -0.15) is 5.26 Å². The van der Waals surface area contributed by atoms with E-state index in [0.29, 0.717) is 12.1 Å².